The second kappa shape index (κ2) is 6.66. The lowest BCUT2D eigenvalue weighted by molar-refractivity contribution is 0.0997. The minimum Gasteiger partial charge on any atom is -0.508 e. The third-order valence-corrected chi connectivity index (χ3v) is 4.56. The maximum Gasteiger partial charge on any atom is 0.332 e. The first kappa shape index (κ1) is 18.0. The highest BCUT2D eigenvalue weighted by Crippen LogP contribution is 2.28. The summed E-state index contributed by atoms with van der Waals surface area (Å²) < 4.78 is 1.20. The SMILES string of the molecule is NC(=O)c1nc(-c2cccc(O)c2)nc2c1[nH]c(=O)n2-c1ccc(Cl)cc1Cl. The van der Waals surface area contributed by atoms with Crippen LogP contribution in [0.3, 0.4) is 0 Å². The molecule has 2 aromatic carbocycles. The normalized spacial score (nSPS) is 11.1. The Balaban J connectivity index is 2.08. The van der Waals surface area contributed by atoms with Crippen LogP contribution in [0.4, 0.5) is 0 Å². The number of aromatic hydroxyl groups is 1. The molecule has 0 saturated carbocycles. The number of primary amides is 1. The van der Waals surface area contributed by atoms with Gasteiger partial charge in [0.1, 0.15) is 11.3 Å². The zero-order valence-electron chi connectivity index (χ0n) is 14.0. The Hall–Kier alpha value is -3.36. The Morgan fingerprint density at radius 2 is 1.93 bits per heavy atom. The number of phenolic OH excluding ortho intramolecular Hbond substituents is 1. The number of nitrogens with one attached hydrogen (secondary N) is 1. The molecule has 0 spiro atoms. The number of aromatic nitrogens is 4. The van der Waals surface area contributed by atoms with Crippen LogP contribution >= 0.6 is 23.2 Å². The van der Waals surface area contributed by atoms with Gasteiger partial charge in [0.05, 0.1) is 10.7 Å². The van der Waals surface area contributed by atoms with E-state index in [9.17, 15) is 14.7 Å². The molecular formula is C18H11Cl2N5O3. The number of fused-ring (bicyclic) bond motifs is 1. The van der Waals surface area contributed by atoms with Crippen LogP contribution in [0.2, 0.25) is 10.0 Å². The fraction of sp³-hybridized carbons (Fsp3) is 0. The molecule has 0 saturated heterocycles. The van der Waals surface area contributed by atoms with Crippen LogP contribution in [0.15, 0.2) is 47.3 Å². The van der Waals surface area contributed by atoms with Gasteiger partial charge in [-0.1, -0.05) is 35.3 Å². The van der Waals surface area contributed by atoms with Crippen molar-refractivity contribution in [2.45, 2.75) is 0 Å². The Labute approximate surface area is 167 Å². The first-order chi connectivity index (χ1) is 13.3. The predicted octanol–water partition coefficient (Wildman–Crippen LogP) is 2.89. The van der Waals surface area contributed by atoms with Crippen molar-refractivity contribution in [3.63, 3.8) is 0 Å². The van der Waals surface area contributed by atoms with Gasteiger partial charge in [-0.2, -0.15) is 0 Å². The molecule has 2 heterocycles. The van der Waals surface area contributed by atoms with Crippen LogP contribution in [0, 0.1) is 0 Å². The van der Waals surface area contributed by atoms with Gasteiger partial charge in [-0.25, -0.2) is 19.3 Å². The fourth-order valence-corrected chi connectivity index (χ4v) is 3.32. The van der Waals surface area contributed by atoms with Gasteiger partial charge in [-0.05, 0) is 30.3 Å². The van der Waals surface area contributed by atoms with Gasteiger partial charge < -0.3 is 15.8 Å². The quantitative estimate of drug-likeness (QED) is 0.473. The molecule has 2 aromatic heterocycles. The van der Waals surface area contributed by atoms with Gasteiger partial charge in [-0.3, -0.25) is 4.79 Å². The van der Waals surface area contributed by atoms with E-state index in [-0.39, 0.29) is 33.5 Å². The van der Waals surface area contributed by atoms with E-state index in [2.05, 4.69) is 15.0 Å². The van der Waals surface area contributed by atoms with E-state index in [0.29, 0.717) is 16.3 Å². The minimum absolute atomic E-state index is 0.00553. The van der Waals surface area contributed by atoms with E-state index in [0.717, 1.165) is 0 Å². The standard InChI is InChI=1S/C18H11Cl2N5O3/c19-9-4-5-12(11(20)7-9)25-17-14(23-18(25)28)13(15(21)27)22-16(24-17)8-2-1-3-10(26)6-8/h1-7,26H,(H2,21,27)(H,23,28). The molecule has 4 rings (SSSR count). The van der Waals surface area contributed by atoms with Crippen molar-refractivity contribution in [3.05, 3.63) is 68.7 Å². The molecule has 0 aliphatic heterocycles. The fourth-order valence-electron chi connectivity index (χ4n) is 2.82. The number of H-pyrrole nitrogens is 1. The first-order valence-corrected chi connectivity index (χ1v) is 8.68. The predicted molar refractivity (Wildman–Crippen MR) is 105 cm³/mol. The van der Waals surface area contributed by atoms with E-state index in [1.54, 1.807) is 24.3 Å². The number of imidazole rings is 1. The smallest absolute Gasteiger partial charge is 0.332 e. The lowest BCUT2D eigenvalue weighted by atomic mass is 10.2. The second-order valence-electron chi connectivity index (χ2n) is 5.87. The van der Waals surface area contributed by atoms with Crippen molar-refractivity contribution in [2.24, 2.45) is 5.73 Å². The lowest BCUT2D eigenvalue weighted by Crippen LogP contribution is -2.15. The molecule has 0 unspecified atom stereocenters. The highest BCUT2D eigenvalue weighted by atomic mass is 35.5. The number of carbonyl (C=O) groups is 1. The van der Waals surface area contributed by atoms with Crippen molar-refractivity contribution in [3.8, 4) is 22.8 Å². The van der Waals surface area contributed by atoms with Crippen molar-refractivity contribution in [1.82, 2.24) is 19.5 Å². The largest absolute Gasteiger partial charge is 0.508 e. The summed E-state index contributed by atoms with van der Waals surface area (Å²) in [6, 6.07) is 10.8. The molecule has 28 heavy (non-hydrogen) atoms. The molecule has 4 N–H and O–H groups in total. The van der Waals surface area contributed by atoms with Gasteiger partial charge >= 0.3 is 5.69 Å². The molecular weight excluding hydrogens is 405 g/mol. The second-order valence-corrected chi connectivity index (χ2v) is 6.71. The highest BCUT2D eigenvalue weighted by molar-refractivity contribution is 6.35. The highest BCUT2D eigenvalue weighted by Gasteiger charge is 2.21. The number of nitrogens with two attached hydrogens (primary N) is 1. The van der Waals surface area contributed by atoms with Gasteiger partial charge in [0.2, 0.25) is 0 Å². The number of halogens is 2. The number of benzene rings is 2. The molecule has 10 heteroatoms. The summed E-state index contributed by atoms with van der Waals surface area (Å²) >= 11 is 12.2. The maximum absolute atomic E-state index is 12.6. The zero-order chi connectivity index (χ0) is 20.0. The van der Waals surface area contributed by atoms with E-state index >= 15 is 0 Å². The average Bonchev–Trinajstić information content (AvgIpc) is 2.96. The molecule has 0 fully saturated rings. The van der Waals surface area contributed by atoms with Crippen LogP contribution in [-0.4, -0.2) is 30.5 Å². The zero-order valence-corrected chi connectivity index (χ0v) is 15.5. The molecule has 1 amide bonds. The molecule has 140 valence electrons. The van der Waals surface area contributed by atoms with Crippen LogP contribution in [-0.2, 0) is 0 Å². The van der Waals surface area contributed by atoms with Gasteiger partial charge in [0.15, 0.2) is 17.2 Å². The first-order valence-electron chi connectivity index (χ1n) is 7.92. The Bertz CT molecular complexity index is 1310. The summed E-state index contributed by atoms with van der Waals surface area (Å²) in [6.07, 6.45) is 0. The molecule has 0 aliphatic carbocycles. The number of rotatable bonds is 3. The Kier molecular flexibility index (Phi) is 4.29. The van der Waals surface area contributed by atoms with Gasteiger partial charge in [0.25, 0.3) is 5.91 Å². The van der Waals surface area contributed by atoms with Crippen molar-refractivity contribution >= 4 is 40.3 Å². The minimum atomic E-state index is -0.843. The summed E-state index contributed by atoms with van der Waals surface area (Å²) in [5.41, 5.74) is 5.65. The van der Waals surface area contributed by atoms with Gasteiger partial charge in [0, 0.05) is 10.6 Å². The van der Waals surface area contributed by atoms with Crippen LogP contribution in [0.5, 0.6) is 5.75 Å². The molecule has 0 radical (unpaired) electrons. The van der Waals surface area contributed by atoms with E-state index in [4.69, 9.17) is 28.9 Å². The summed E-state index contributed by atoms with van der Waals surface area (Å²) in [4.78, 5) is 35.7. The van der Waals surface area contributed by atoms with E-state index < -0.39 is 11.6 Å². The molecule has 0 atom stereocenters. The molecule has 0 aliphatic rings. The van der Waals surface area contributed by atoms with E-state index in [1.165, 1.54) is 22.8 Å². The van der Waals surface area contributed by atoms with Crippen molar-refractivity contribution in [1.29, 1.82) is 0 Å². The van der Waals surface area contributed by atoms with Crippen LogP contribution < -0.4 is 11.4 Å². The third-order valence-electron chi connectivity index (χ3n) is 4.03. The monoisotopic (exact) mass is 415 g/mol. The van der Waals surface area contributed by atoms with Crippen LogP contribution in [0.1, 0.15) is 10.5 Å². The van der Waals surface area contributed by atoms with E-state index in [1.807, 2.05) is 0 Å². The maximum atomic E-state index is 12.6. The number of hydrogen-bond acceptors (Lipinski definition) is 5. The number of amides is 1. The molecule has 0 bridgehead atoms. The number of hydrogen-bond donors (Lipinski definition) is 3. The number of nitrogens with zero attached hydrogens (tertiary/aromatic N) is 3. The number of phenols is 1. The summed E-state index contributed by atoms with van der Waals surface area (Å²) in [7, 11) is 0. The Morgan fingerprint density at radius 1 is 1.14 bits per heavy atom. The van der Waals surface area contributed by atoms with Crippen molar-refractivity contribution in [2.75, 3.05) is 0 Å². The van der Waals surface area contributed by atoms with Crippen LogP contribution in [0.25, 0.3) is 28.2 Å². The summed E-state index contributed by atoms with van der Waals surface area (Å²) in [5.74, 6) is -0.742. The summed E-state index contributed by atoms with van der Waals surface area (Å²) in [6.45, 7) is 0. The Morgan fingerprint density at radius 3 is 2.61 bits per heavy atom. The molecule has 8 nitrogen and oxygen atoms in total. The molecule has 4 aromatic rings. The van der Waals surface area contributed by atoms with Crippen molar-refractivity contribution < 1.29 is 9.90 Å². The summed E-state index contributed by atoms with van der Waals surface area (Å²) in [5, 5.41) is 10.3. The number of carbonyl (C=O) groups excluding carboxylic acids is 1. The number of aromatic amines is 1. The average molecular weight is 416 g/mol. The lowest BCUT2D eigenvalue weighted by Gasteiger charge is -2.08. The topological polar surface area (TPSA) is 127 Å². The third kappa shape index (κ3) is 2.98. The van der Waals surface area contributed by atoms with Gasteiger partial charge in [-0.15, -0.1) is 0 Å².